The molecule has 25 heavy (non-hydrogen) atoms. The van der Waals surface area contributed by atoms with Crippen molar-refractivity contribution in [3.63, 3.8) is 0 Å². The van der Waals surface area contributed by atoms with Gasteiger partial charge in [-0.05, 0) is 44.0 Å². The van der Waals surface area contributed by atoms with Crippen LogP contribution in [0.1, 0.15) is 16.8 Å². The fraction of sp³-hybridized carbons (Fsp3) is 0.150. The number of fused-ring (bicyclic) bond motifs is 1. The standard InChI is InChI=1S/C20H18FN3S/c1-12-7-6-8-13(2)17(12)22-19-18(15-9-4-5-10-16(15)21)23-20-24(19)14(3)11-25-20/h4-11,22H,1-3H3. The minimum atomic E-state index is -0.268. The molecule has 0 radical (unpaired) electrons. The minimum absolute atomic E-state index is 0.268. The van der Waals surface area contributed by atoms with E-state index in [1.165, 1.54) is 6.07 Å². The first-order chi connectivity index (χ1) is 12.1. The number of aryl methyl sites for hydroxylation is 3. The molecule has 4 rings (SSSR count). The zero-order valence-corrected chi connectivity index (χ0v) is 15.1. The normalized spacial score (nSPS) is 11.2. The first kappa shape index (κ1) is 15.8. The predicted octanol–water partition coefficient (Wildman–Crippen LogP) is 5.87. The largest absolute Gasteiger partial charge is 0.339 e. The molecule has 3 nitrogen and oxygen atoms in total. The number of hydrogen-bond donors (Lipinski definition) is 1. The lowest BCUT2D eigenvalue weighted by Gasteiger charge is -2.14. The van der Waals surface area contributed by atoms with Gasteiger partial charge in [-0.25, -0.2) is 9.37 Å². The predicted molar refractivity (Wildman–Crippen MR) is 102 cm³/mol. The molecule has 2 heterocycles. The van der Waals surface area contributed by atoms with Crippen LogP contribution in [-0.4, -0.2) is 9.38 Å². The van der Waals surface area contributed by atoms with Crippen LogP contribution in [0.25, 0.3) is 16.2 Å². The molecule has 0 aliphatic rings. The van der Waals surface area contributed by atoms with Crippen LogP contribution in [0.15, 0.2) is 47.8 Å². The van der Waals surface area contributed by atoms with Crippen LogP contribution in [0.2, 0.25) is 0 Å². The van der Waals surface area contributed by atoms with Crippen molar-refractivity contribution >= 4 is 27.8 Å². The van der Waals surface area contributed by atoms with Gasteiger partial charge in [-0.1, -0.05) is 30.3 Å². The number of nitrogens with one attached hydrogen (secondary N) is 1. The first-order valence-corrected chi connectivity index (χ1v) is 8.99. The Bertz CT molecular complexity index is 1060. The van der Waals surface area contributed by atoms with Crippen molar-refractivity contribution in [1.82, 2.24) is 9.38 Å². The van der Waals surface area contributed by atoms with E-state index in [1.54, 1.807) is 23.5 Å². The molecule has 2 aromatic heterocycles. The molecule has 0 bridgehead atoms. The highest BCUT2D eigenvalue weighted by atomic mass is 32.1. The summed E-state index contributed by atoms with van der Waals surface area (Å²) in [6.45, 7) is 6.17. The average Bonchev–Trinajstić information content (AvgIpc) is 3.12. The van der Waals surface area contributed by atoms with Gasteiger partial charge >= 0.3 is 0 Å². The summed E-state index contributed by atoms with van der Waals surface area (Å²) >= 11 is 1.56. The number of hydrogen-bond acceptors (Lipinski definition) is 3. The van der Waals surface area contributed by atoms with Crippen molar-refractivity contribution in [2.24, 2.45) is 0 Å². The molecule has 0 aliphatic heterocycles. The van der Waals surface area contributed by atoms with Crippen molar-refractivity contribution in [2.45, 2.75) is 20.8 Å². The zero-order chi connectivity index (χ0) is 17.6. The van der Waals surface area contributed by atoms with Gasteiger partial charge in [0.05, 0.1) is 0 Å². The summed E-state index contributed by atoms with van der Waals surface area (Å²) < 4.78 is 16.5. The van der Waals surface area contributed by atoms with E-state index in [1.807, 2.05) is 19.1 Å². The topological polar surface area (TPSA) is 29.3 Å². The van der Waals surface area contributed by atoms with E-state index in [-0.39, 0.29) is 5.82 Å². The average molecular weight is 351 g/mol. The third-order valence-corrected chi connectivity index (χ3v) is 5.33. The number of benzene rings is 2. The quantitative estimate of drug-likeness (QED) is 0.500. The van der Waals surface area contributed by atoms with E-state index in [0.717, 1.165) is 33.3 Å². The summed E-state index contributed by atoms with van der Waals surface area (Å²) in [4.78, 5) is 5.55. The van der Waals surface area contributed by atoms with E-state index in [4.69, 9.17) is 4.98 Å². The molecule has 126 valence electrons. The van der Waals surface area contributed by atoms with E-state index in [0.29, 0.717) is 11.3 Å². The number of rotatable bonds is 3. The number of imidazole rings is 1. The Kier molecular flexibility index (Phi) is 3.81. The summed E-state index contributed by atoms with van der Waals surface area (Å²) in [5.74, 6) is 0.534. The monoisotopic (exact) mass is 351 g/mol. The molecule has 0 atom stereocenters. The number of anilines is 2. The molecule has 0 spiro atoms. The van der Waals surface area contributed by atoms with Crippen LogP contribution in [0, 0.1) is 26.6 Å². The molecule has 5 heteroatoms. The number of nitrogens with zero attached hydrogens (tertiary/aromatic N) is 2. The van der Waals surface area contributed by atoms with Crippen molar-refractivity contribution in [1.29, 1.82) is 0 Å². The lowest BCUT2D eigenvalue weighted by molar-refractivity contribution is 0.631. The van der Waals surface area contributed by atoms with Gasteiger partial charge in [-0.3, -0.25) is 4.40 Å². The van der Waals surface area contributed by atoms with Gasteiger partial charge < -0.3 is 5.32 Å². The van der Waals surface area contributed by atoms with E-state index >= 15 is 0 Å². The molecule has 1 N–H and O–H groups in total. The fourth-order valence-corrected chi connectivity index (χ4v) is 3.95. The summed E-state index contributed by atoms with van der Waals surface area (Å²) in [5, 5.41) is 5.58. The molecular formula is C20H18FN3S. The zero-order valence-electron chi connectivity index (χ0n) is 14.3. The number of halogens is 1. The highest BCUT2D eigenvalue weighted by molar-refractivity contribution is 7.15. The Hall–Kier alpha value is -2.66. The van der Waals surface area contributed by atoms with Crippen molar-refractivity contribution in [3.8, 4) is 11.3 Å². The van der Waals surface area contributed by atoms with Gasteiger partial charge in [0.25, 0.3) is 0 Å². The minimum Gasteiger partial charge on any atom is -0.339 e. The number of thiazole rings is 1. The highest BCUT2D eigenvalue weighted by Gasteiger charge is 2.20. The second-order valence-corrected chi connectivity index (χ2v) is 7.01. The van der Waals surface area contributed by atoms with Gasteiger partial charge in [0.15, 0.2) is 4.96 Å². The second kappa shape index (κ2) is 6.01. The van der Waals surface area contributed by atoms with Crippen molar-refractivity contribution in [3.05, 3.63) is 70.5 Å². The SMILES string of the molecule is Cc1cccc(C)c1Nc1c(-c2ccccc2F)nc2scc(C)n12. The molecule has 0 saturated carbocycles. The molecule has 0 unspecified atom stereocenters. The first-order valence-electron chi connectivity index (χ1n) is 8.11. The van der Waals surface area contributed by atoms with E-state index in [9.17, 15) is 4.39 Å². The fourth-order valence-electron chi connectivity index (χ4n) is 3.08. The van der Waals surface area contributed by atoms with Gasteiger partial charge in [-0.15, -0.1) is 11.3 Å². The van der Waals surface area contributed by atoms with Crippen molar-refractivity contribution < 1.29 is 4.39 Å². The molecular weight excluding hydrogens is 333 g/mol. The second-order valence-electron chi connectivity index (χ2n) is 6.18. The summed E-state index contributed by atoms with van der Waals surface area (Å²) in [5.41, 5.74) is 5.53. The van der Waals surface area contributed by atoms with Gasteiger partial charge in [-0.2, -0.15) is 0 Å². The molecule has 0 amide bonds. The third-order valence-electron chi connectivity index (χ3n) is 4.39. The van der Waals surface area contributed by atoms with Crippen LogP contribution in [0.4, 0.5) is 15.9 Å². The Morgan fingerprint density at radius 2 is 1.72 bits per heavy atom. The lowest BCUT2D eigenvalue weighted by atomic mass is 10.1. The van der Waals surface area contributed by atoms with Crippen LogP contribution in [0.5, 0.6) is 0 Å². The number of para-hydroxylation sites is 1. The smallest absolute Gasteiger partial charge is 0.196 e. The van der Waals surface area contributed by atoms with E-state index in [2.05, 4.69) is 41.1 Å². The van der Waals surface area contributed by atoms with Crippen molar-refractivity contribution in [2.75, 3.05) is 5.32 Å². The Morgan fingerprint density at radius 3 is 2.44 bits per heavy atom. The maximum absolute atomic E-state index is 14.4. The summed E-state index contributed by atoms with van der Waals surface area (Å²) in [6, 6.07) is 12.9. The highest BCUT2D eigenvalue weighted by Crippen LogP contribution is 2.36. The third kappa shape index (κ3) is 2.61. The maximum atomic E-state index is 14.4. The van der Waals surface area contributed by atoms with E-state index < -0.39 is 0 Å². The Morgan fingerprint density at radius 1 is 1.00 bits per heavy atom. The van der Waals surface area contributed by atoms with Crippen LogP contribution in [-0.2, 0) is 0 Å². The number of aromatic nitrogens is 2. The van der Waals surface area contributed by atoms with Crippen LogP contribution >= 0.6 is 11.3 Å². The molecule has 0 fully saturated rings. The summed E-state index contributed by atoms with van der Waals surface area (Å²) in [6.07, 6.45) is 0. The molecule has 0 aliphatic carbocycles. The molecule has 2 aromatic carbocycles. The van der Waals surface area contributed by atoms with Crippen LogP contribution < -0.4 is 5.32 Å². The van der Waals surface area contributed by atoms with Gasteiger partial charge in [0, 0.05) is 22.3 Å². The lowest BCUT2D eigenvalue weighted by Crippen LogP contribution is -2.01. The molecule has 0 saturated heterocycles. The van der Waals surface area contributed by atoms with Gasteiger partial charge in [0.2, 0.25) is 0 Å². The Balaban J connectivity index is 1.97. The molecule has 4 aromatic rings. The van der Waals surface area contributed by atoms with Gasteiger partial charge in [0.1, 0.15) is 17.3 Å². The Labute approximate surface area is 149 Å². The van der Waals surface area contributed by atoms with Crippen LogP contribution in [0.3, 0.4) is 0 Å². The maximum Gasteiger partial charge on any atom is 0.196 e. The summed E-state index contributed by atoms with van der Waals surface area (Å²) in [7, 11) is 0.